The summed E-state index contributed by atoms with van der Waals surface area (Å²) < 4.78 is 63.2. The van der Waals surface area contributed by atoms with Gasteiger partial charge in [0.2, 0.25) is 0 Å². The van der Waals surface area contributed by atoms with Crippen LogP contribution in [0, 0.1) is 16.9 Å². The number of pyridine rings is 1. The maximum atomic E-state index is 15.0. The summed E-state index contributed by atoms with van der Waals surface area (Å²) in [6.07, 6.45) is 2.60. The smallest absolute Gasteiger partial charge is 0.387 e. The number of hydrogen-bond acceptors (Lipinski definition) is 10. The maximum absolute atomic E-state index is 15.0. The van der Waals surface area contributed by atoms with Gasteiger partial charge in [-0.15, -0.1) is 0 Å². The minimum Gasteiger partial charge on any atom is -0.619 e. The molecule has 298 valence electrons. The number of nitrogens with one attached hydrogen (secondary N) is 1. The summed E-state index contributed by atoms with van der Waals surface area (Å²) in [6, 6.07) is 15.4. The number of rotatable bonds is 14. The molecular formula is C39H38Cl2F3N3O9. The molecule has 3 fully saturated rings. The first-order valence-corrected chi connectivity index (χ1v) is 18.1. The molecule has 12 nitrogen and oxygen atoms in total. The van der Waals surface area contributed by atoms with Crippen molar-refractivity contribution >= 4 is 41.6 Å². The van der Waals surface area contributed by atoms with Crippen LogP contribution in [0.4, 0.5) is 13.2 Å². The van der Waals surface area contributed by atoms with Crippen molar-refractivity contribution in [1.82, 2.24) is 10.2 Å². The monoisotopic (exact) mass is 819 g/mol. The zero-order valence-corrected chi connectivity index (χ0v) is 31.4. The second-order valence-corrected chi connectivity index (χ2v) is 13.7. The summed E-state index contributed by atoms with van der Waals surface area (Å²) in [5.74, 6) is -1.93. The summed E-state index contributed by atoms with van der Waals surface area (Å²) >= 11 is 12.7. The summed E-state index contributed by atoms with van der Waals surface area (Å²) in [5.41, 5.74) is 1.48. The number of esters is 2. The number of hydrogen-bond donors (Lipinski definition) is 2. The number of alkyl halides is 2. The van der Waals surface area contributed by atoms with Gasteiger partial charge in [-0.2, -0.15) is 13.5 Å². The maximum Gasteiger partial charge on any atom is 0.387 e. The molecule has 0 amide bonds. The minimum absolute atomic E-state index is 0.0164. The van der Waals surface area contributed by atoms with E-state index in [9.17, 15) is 23.6 Å². The molecule has 4 heterocycles. The van der Waals surface area contributed by atoms with Crippen molar-refractivity contribution in [1.29, 1.82) is 0 Å². The lowest BCUT2D eigenvalue weighted by Crippen LogP contribution is -2.52. The molecule has 4 aromatic rings. The topological polar surface area (TPSA) is 151 Å². The summed E-state index contributed by atoms with van der Waals surface area (Å²) in [4.78, 5) is 37.9. The van der Waals surface area contributed by atoms with Crippen LogP contribution in [0.15, 0.2) is 79.1 Å². The lowest BCUT2D eigenvalue weighted by atomic mass is 9.86. The van der Waals surface area contributed by atoms with Crippen molar-refractivity contribution in [2.24, 2.45) is 5.92 Å². The Morgan fingerprint density at radius 2 is 1.73 bits per heavy atom. The number of carbonyl (C=O) groups is 3. The van der Waals surface area contributed by atoms with E-state index in [-0.39, 0.29) is 64.1 Å². The normalized spacial score (nSPS) is 18.2. The molecule has 0 aliphatic carbocycles. The van der Waals surface area contributed by atoms with Crippen LogP contribution in [0.3, 0.4) is 0 Å². The standard InChI is InChI=1S/C38H36Cl2F3N3O7.CH2O2/c1-50-33-16-24(9-10-31(33)53-38(42)43)32(17-27-28(39)19-46(49)20-29(27)40)51-36(47)25-6-4-5-22(15-25)18-44-35(26-7-2-3-8-30(26)41)37(48)52-34-21-45-13-11-23(34)12-14-45;2-1-3/h2-10,15-16,19-20,23,32,34-35,38,44H,11-14,17-18,21H2,1H3;1H,(H,2,3)/t32-,34-,35?;/m0./s1. The molecule has 0 spiro atoms. The van der Waals surface area contributed by atoms with Crippen molar-refractivity contribution in [3.8, 4) is 11.5 Å². The molecule has 3 aliphatic rings. The van der Waals surface area contributed by atoms with Crippen LogP contribution in [0.2, 0.25) is 10.0 Å². The SMILES string of the molecule is COc1cc([C@H](Cc2c(Cl)c[n+]([O-])cc2Cl)OC(=O)c2cccc(CNC(C(=O)O[C@H]3CN4CCC3CC4)c3ccccc3F)c2)ccc1OC(F)F.O=CO. The summed E-state index contributed by atoms with van der Waals surface area (Å²) in [5, 5.41) is 21.9. The van der Waals surface area contributed by atoms with Gasteiger partial charge in [0.05, 0.1) is 12.7 Å². The van der Waals surface area contributed by atoms with Crippen LogP contribution in [-0.2, 0) is 32.0 Å². The molecule has 1 unspecified atom stereocenters. The van der Waals surface area contributed by atoms with Gasteiger partial charge in [0.1, 0.15) is 34.1 Å². The van der Waals surface area contributed by atoms with Crippen LogP contribution in [0.5, 0.6) is 11.5 Å². The van der Waals surface area contributed by atoms with E-state index < -0.39 is 36.5 Å². The molecule has 2 bridgehead atoms. The van der Waals surface area contributed by atoms with Crippen LogP contribution in [0.1, 0.15) is 57.6 Å². The molecule has 3 aromatic carbocycles. The Labute approximate surface area is 330 Å². The summed E-state index contributed by atoms with van der Waals surface area (Å²) in [6.45, 7) is -0.707. The second kappa shape index (κ2) is 19.7. The first-order chi connectivity index (χ1) is 26.9. The van der Waals surface area contributed by atoms with E-state index in [4.69, 9.17) is 47.3 Å². The van der Waals surface area contributed by atoms with Crippen LogP contribution in [0.25, 0.3) is 0 Å². The van der Waals surface area contributed by atoms with E-state index >= 15 is 4.39 Å². The zero-order valence-electron chi connectivity index (χ0n) is 29.9. The molecule has 0 radical (unpaired) electrons. The lowest BCUT2D eigenvalue weighted by Gasteiger charge is -2.44. The van der Waals surface area contributed by atoms with E-state index in [0.717, 1.165) is 38.3 Å². The van der Waals surface area contributed by atoms with Gasteiger partial charge in [-0.05, 0) is 73.3 Å². The average molecular weight is 821 g/mol. The highest BCUT2D eigenvalue weighted by Gasteiger charge is 2.38. The fourth-order valence-corrected chi connectivity index (χ4v) is 7.33. The molecule has 7 rings (SSSR count). The van der Waals surface area contributed by atoms with E-state index in [2.05, 4.69) is 15.0 Å². The lowest BCUT2D eigenvalue weighted by molar-refractivity contribution is -0.605. The third-order valence-corrected chi connectivity index (χ3v) is 10.1. The highest BCUT2D eigenvalue weighted by Crippen LogP contribution is 2.36. The molecule has 0 saturated carbocycles. The van der Waals surface area contributed by atoms with E-state index in [1.54, 1.807) is 30.3 Å². The number of nitrogens with zero attached hydrogens (tertiary/aromatic N) is 2. The summed E-state index contributed by atoms with van der Waals surface area (Å²) in [7, 11) is 1.27. The van der Waals surface area contributed by atoms with Crippen molar-refractivity contribution < 1.29 is 56.3 Å². The highest BCUT2D eigenvalue weighted by molar-refractivity contribution is 6.35. The van der Waals surface area contributed by atoms with E-state index in [0.29, 0.717) is 28.0 Å². The fourth-order valence-electron chi connectivity index (χ4n) is 6.73. The Morgan fingerprint density at radius 1 is 1.04 bits per heavy atom. The van der Waals surface area contributed by atoms with Crippen LogP contribution in [-0.4, -0.2) is 67.9 Å². The number of methoxy groups -OCH3 is 1. The van der Waals surface area contributed by atoms with Crippen molar-refractivity contribution in [3.05, 3.63) is 128 Å². The number of aromatic nitrogens is 1. The van der Waals surface area contributed by atoms with Gasteiger partial charge in [0.25, 0.3) is 6.47 Å². The Morgan fingerprint density at radius 3 is 2.36 bits per heavy atom. The van der Waals surface area contributed by atoms with Crippen molar-refractivity contribution in [2.45, 2.75) is 50.7 Å². The Balaban J connectivity index is 0.00000194. The zero-order chi connectivity index (χ0) is 40.4. The number of carbonyl (C=O) groups excluding carboxylic acids is 2. The molecule has 17 heteroatoms. The van der Waals surface area contributed by atoms with Gasteiger partial charge in [-0.1, -0.05) is 59.6 Å². The molecule has 56 heavy (non-hydrogen) atoms. The number of fused-ring (bicyclic) bond motifs is 3. The van der Waals surface area contributed by atoms with E-state index in [1.807, 2.05) is 0 Å². The number of piperidine rings is 3. The first-order valence-electron chi connectivity index (χ1n) is 17.4. The largest absolute Gasteiger partial charge is 0.619 e. The van der Waals surface area contributed by atoms with E-state index in [1.165, 1.54) is 43.5 Å². The Hall–Kier alpha value is -5.09. The molecule has 3 atom stereocenters. The Kier molecular flexibility index (Phi) is 14.8. The molecule has 1 aromatic heterocycles. The third kappa shape index (κ3) is 10.8. The second-order valence-electron chi connectivity index (χ2n) is 12.9. The van der Waals surface area contributed by atoms with Crippen molar-refractivity contribution in [3.63, 3.8) is 0 Å². The minimum atomic E-state index is -3.11. The van der Waals surface area contributed by atoms with Gasteiger partial charge in [-0.3, -0.25) is 15.0 Å². The number of benzene rings is 3. The predicted molar refractivity (Wildman–Crippen MR) is 197 cm³/mol. The van der Waals surface area contributed by atoms with Gasteiger partial charge in [0.15, 0.2) is 23.9 Å². The average Bonchev–Trinajstić information content (AvgIpc) is 3.17. The Bertz CT molecular complexity index is 1980. The number of carboxylic acid groups (broad SMARTS) is 1. The quantitative estimate of drug-likeness (QED) is 0.0607. The van der Waals surface area contributed by atoms with Gasteiger partial charge < -0.3 is 29.3 Å². The molecular weight excluding hydrogens is 782 g/mol. The molecule has 3 aliphatic heterocycles. The third-order valence-electron chi connectivity index (χ3n) is 9.46. The first kappa shape index (κ1) is 42.1. The van der Waals surface area contributed by atoms with Crippen LogP contribution >= 0.6 is 23.2 Å². The van der Waals surface area contributed by atoms with Crippen LogP contribution < -0.4 is 19.5 Å². The van der Waals surface area contributed by atoms with Gasteiger partial charge in [-0.25, -0.2) is 14.0 Å². The number of ether oxygens (including phenoxy) is 4. The van der Waals surface area contributed by atoms with Crippen molar-refractivity contribution in [2.75, 3.05) is 26.7 Å². The number of halogens is 5. The molecule has 2 N–H and O–H groups in total. The fraction of sp³-hybridized carbons (Fsp3) is 0.333. The molecule has 3 saturated heterocycles. The predicted octanol–water partition coefficient (Wildman–Crippen LogP) is 6.69. The highest BCUT2D eigenvalue weighted by atomic mass is 35.5. The van der Waals surface area contributed by atoms with Gasteiger partial charge >= 0.3 is 18.6 Å². The van der Waals surface area contributed by atoms with Gasteiger partial charge in [0, 0.05) is 30.6 Å².